The molecule has 5 aromatic rings. The van der Waals surface area contributed by atoms with Crippen molar-refractivity contribution in [2.24, 2.45) is 23.7 Å². The number of benzene rings is 3. The summed E-state index contributed by atoms with van der Waals surface area (Å²) in [5.41, 5.74) is 5.08. The summed E-state index contributed by atoms with van der Waals surface area (Å²) in [6, 6.07) is 21.5. The Kier molecular flexibility index (Phi) is 7.82. The second-order valence-corrected chi connectivity index (χ2v) is 18.0. The molecule has 0 radical (unpaired) electrons. The predicted octanol–water partition coefficient (Wildman–Crippen LogP) is 9.92. The zero-order valence-electron chi connectivity index (χ0n) is 32.4. The Morgan fingerprint density at radius 1 is 0.630 bits per heavy atom. The van der Waals surface area contributed by atoms with Crippen LogP contribution in [0.15, 0.2) is 73.1 Å². The number of amides is 2. The van der Waals surface area contributed by atoms with Gasteiger partial charge in [0.25, 0.3) is 0 Å². The molecule has 10 heteroatoms. The average Bonchev–Trinajstić information content (AvgIpc) is 3.61. The van der Waals surface area contributed by atoms with Gasteiger partial charge in [0.15, 0.2) is 0 Å². The molecular weight excluding hydrogens is 677 g/mol. The van der Waals surface area contributed by atoms with E-state index in [0.717, 1.165) is 68.9 Å². The van der Waals surface area contributed by atoms with Gasteiger partial charge in [0.1, 0.15) is 22.9 Å². The molecule has 4 aliphatic rings. The van der Waals surface area contributed by atoms with Gasteiger partial charge in [-0.15, -0.1) is 0 Å². The third kappa shape index (κ3) is 5.94. The van der Waals surface area contributed by atoms with E-state index in [0.29, 0.717) is 23.7 Å². The van der Waals surface area contributed by atoms with Crippen molar-refractivity contribution in [3.05, 3.63) is 84.7 Å². The summed E-state index contributed by atoms with van der Waals surface area (Å²) in [7, 11) is 0. The number of carbonyl (C=O) groups excluding carboxylic acids is 2. The van der Waals surface area contributed by atoms with E-state index in [2.05, 4.69) is 84.5 Å². The Hall–Kier alpha value is -5.12. The van der Waals surface area contributed by atoms with Gasteiger partial charge in [-0.2, -0.15) is 0 Å². The molecule has 8 unspecified atom stereocenters. The molecule has 9 rings (SSSR count). The fourth-order valence-corrected chi connectivity index (χ4v) is 9.37. The van der Waals surface area contributed by atoms with E-state index in [1.54, 1.807) is 0 Å². The minimum absolute atomic E-state index is 0.119. The first-order chi connectivity index (χ1) is 25.7. The highest BCUT2D eigenvalue weighted by Crippen LogP contribution is 2.59. The number of nitrogens with one attached hydrogen (secondary N) is 2. The molecule has 0 bridgehead atoms. The Morgan fingerprint density at radius 2 is 1.07 bits per heavy atom. The van der Waals surface area contributed by atoms with E-state index in [1.807, 2.05) is 63.7 Å². The molecule has 2 aromatic heterocycles. The van der Waals surface area contributed by atoms with E-state index in [4.69, 9.17) is 19.4 Å². The fraction of sp³-hybridized carbons (Fsp3) is 0.455. The van der Waals surface area contributed by atoms with Gasteiger partial charge >= 0.3 is 12.2 Å². The van der Waals surface area contributed by atoms with Crippen LogP contribution in [-0.2, 0) is 9.47 Å². The third-order valence-electron chi connectivity index (χ3n) is 12.1. The number of carbonyl (C=O) groups is 2. The van der Waals surface area contributed by atoms with Crippen LogP contribution in [0.25, 0.3) is 44.4 Å². The molecule has 3 aromatic carbocycles. The highest BCUT2D eigenvalue weighted by atomic mass is 16.6. The molecule has 2 N–H and O–H groups in total. The van der Waals surface area contributed by atoms with Gasteiger partial charge < -0.3 is 19.4 Å². The Balaban J connectivity index is 0.954. The lowest BCUT2D eigenvalue weighted by Crippen LogP contribution is -2.39. The minimum atomic E-state index is -0.558. The Morgan fingerprint density at radius 3 is 1.59 bits per heavy atom. The van der Waals surface area contributed by atoms with Crippen LogP contribution >= 0.6 is 0 Å². The van der Waals surface area contributed by atoms with Gasteiger partial charge in [-0.1, -0.05) is 74.5 Å². The molecule has 54 heavy (non-hydrogen) atoms. The van der Waals surface area contributed by atoms with E-state index in [-0.39, 0.29) is 36.4 Å². The normalized spacial score (nSPS) is 27.2. The van der Waals surface area contributed by atoms with Crippen molar-refractivity contribution < 1.29 is 19.1 Å². The van der Waals surface area contributed by atoms with Gasteiger partial charge in [0, 0.05) is 17.6 Å². The third-order valence-corrected chi connectivity index (χ3v) is 12.1. The summed E-state index contributed by atoms with van der Waals surface area (Å²) < 4.78 is 11.6. The van der Waals surface area contributed by atoms with Crippen molar-refractivity contribution in [3.63, 3.8) is 0 Å². The second-order valence-electron chi connectivity index (χ2n) is 18.0. The lowest BCUT2D eigenvalue weighted by Gasteiger charge is -2.30. The SMILES string of the molecule is CC1C2CC(c3ncc(-c4ccc(-c5cccc6c(-c7cnc(C8CC9C(C)C9N8C(=O)OC(C)(C)C)[nH]7)cccc56)cc4)[nH]3)N(C(=O)OC(C)(C)C)C12. The van der Waals surface area contributed by atoms with Crippen LogP contribution < -0.4 is 0 Å². The molecule has 2 saturated heterocycles. The summed E-state index contributed by atoms with van der Waals surface area (Å²) in [6.07, 6.45) is 5.02. The van der Waals surface area contributed by atoms with Gasteiger partial charge in [-0.25, -0.2) is 19.6 Å². The molecule has 10 nitrogen and oxygen atoms in total. The monoisotopic (exact) mass is 726 g/mol. The van der Waals surface area contributed by atoms with Crippen LogP contribution in [0.5, 0.6) is 0 Å². The maximum Gasteiger partial charge on any atom is 0.411 e. The van der Waals surface area contributed by atoms with Gasteiger partial charge in [-0.3, -0.25) is 9.80 Å². The molecule has 2 amide bonds. The van der Waals surface area contributed by atoms with E-state index in [1.165, 1.54) is 0 Å². The Labute approximate surface area is 316 Å². The van der Waals surface area contributed by atoms with Crippen molar-refractivity contribution in [2.45, 2.75) is 104 Å². The number of aromatic amines is 2. The number of hydrogen-bond acceptors (Lipinski definition) is 6. The number of hydrogen-bond donors (Lipinski definition) is 2. The number of fused-ring (bicyclic) bond motifs is 3. The van der Waals surface area contributed by atoms with Crippen LogP contribution in [0.1, 0.15) is 92.0 Å². The maximum absolute atomic E-state index is 13.3. The van der Waals surface area contributed by atoms with E-state index in [9.17, 15) is 9.59 Å². The maximum atomic E-state index is 13.3. The molecule has 2 saturated carbocycles. The van der Waals surface area contributed by atoms with Gasteiger partial charge in [0.2, 0.25) is 0 Å². The first kappa shape index (κ1) is 34.6. The summed E-state index contributed by atoms with van der Waals surface area (Å²) in [5, 5.41) is 2.27. The number of aromatic nitrogens is 4. The molecule has 8 atom stereocenters. The molecular formula is C44H50N6O4. The van der Waals surface area contributed by atoms with Gasteiger partial charge in [-0.05, 0) is 106 Å². The summed E-state index contributed by atoms with van der Waals surface area (Å²) in [5.74, 6) is 3.55. The summed E-state index contributed by atoms with van der Waals surface area (Å²) in [6.45, 7) is 15.9. The number of imidazole rings is 2. The van der Waals surface area contributed by atoms with Crippen LogP contribution in [-0.4, -0.2) is 65.2 Å². The fourth-order valence-electron chi connectivity index (χ4n) is 9.37. The lowest BCUT2D eigenvalue weighted by molar-refractivity contribution is 0.0149. The van der Waals surface area contributed by atoms with E-state index >= 15 is 0 Å². The number of rotatable bonds is 5. The van der Waals surface area contributed by atoms with E-state index < -0.39 is 11.2 Å². The topological polar surface area (TPSA) is 116 Å². The highest BCUT2D eigenvalue weighted by Gasteiger charge is 2.62. The van der Waals surface area contributed by atoms with Crippen molar-refractivity contribution in [1.82, 2.24) is 29.7 Å². The zero-order valence-corrected chi connectivity index (χ0v) is 32.4. The minimum Gasteiger partial charge on any atom is -0.444 e. The van der Waals surface area contributed by atoms with Crippen molar-refractivity contribution in [3.8, 4) is 33.6 Å². The first-order valence-corrected chi connectivity index (χ1v) is 19.4. The smallest absolute Gasteiger partial charge is 0.411 e. The second kappa shape index (κ2) is 12.2. The number of nitrogens with zero attached hydrogens (tertiary/aromatic N) is 4. The van der Waals surface area contributed by atoms with Crippen molar-refractivity contribution in [2.75, 3.05) is 0 Å². The van der Waals surface area contributed by atoms with Crippen LogP contribution in [0, 0.1) is 23.7 Å². The first-order valence-electron chi connectivity index (χ1n) is 19.4. The molecule has 280 valence electrons. The largest absolute Gasteiger partial charge is 0.444 e. The zero-order chi connectivity index (χ0) is 37.8. The number of likely N-dealkylation sites (tertiary alicyclic amines) is 2. The molecule has 4 fully saturated rings. The summed E-state index contributed by atoms with van der Waals surface area (Å²) >= 11 is 0. The summed E-state index contributed by atoms with van der Waals surface area (Å²) in [4.78, 5) is 47.2. The van der Waals surface area contributed by atoms with Crippen LogP contribution in [0.2, 0.25) is 0 Å². The predicted molar refractivity (Wildman–Crippen MR) is 208 cm³/mol. The Bertz CT molecular complexity index is 2260. The number of piperidine rings is 2. The lowest BCUT2D eigenvalue weighted by atomic mass is 9.94. The number of ether oxygens (including phenoxy) is 2. The van der Waals surface area contributed by atoms with Crippen molar-refractivity contribution >= 4 is 23.0 Å². The number of H-pyrrole nitrogens is 2. The van der Waals surface area contributed by atoms with Gasteiger partial charge in [0.05, 0.1) is 35.9 Å². The quantitative estimate of drug-likeness (QED) is 0.186. The average molecular weight is 727 g/mol. The molecule has 0 spiro atoms. The standard InChI is InChI=1S/C44H50N6O4/c1-23-31-19-35(49(37(23)31)41(51)53-43(3,4)5)39-45-21-33(47-39)26-17-15-25(16-18-26)27-11-9-13-29-28(27)12-10-14-30(29)34-22-46-40(48-34)36-20-32-24(2)38(32)50(36)42(52)54-44(6,7)8/h9-18,21-24,31-32,35-38H,19-20H2,1-8H3,(H,45,47)(H,46,48). The van der Waals surface area contributed by atoms with Crippen LogP contribution in [0.4, 0.5) is 9.59 Å². The molecule has 2 aliphatic heterocycles. The van der Waals surface area contributed by atoms with Crippen LogP contribution in [0.3, 0.4) is 0 Å². The molecule has 4 heterocycles. The van der Waals surface area contributed by atoms with Crippen molar-refractivity contribution in [1.29, 1.82) is 0 Å². The molecule has 2 aliphatic carbocycles. The highest BCUT2D eigenvalue weighted by molar-refractivity contribution is 6.04.